The number of aryl methyl sites for hydroxylation is 2. The van der Waals surface area contributed by atoms with Crippen molar-refractivity contribution in [2.75, 3.05) is 5.73 Å². The molecule has 0 fully saturated rings. The van der Waals surface area contributed by atoms with Crippen LogP contribution < -0.4 is 5.73 Å². The summed E-state index contributed by atoms with van der Waals surface area (Å²) in [6, 6.07) is 8.15. The maximum absolute atomic E-state index is 6.07. The molecule has 0 saturated carbocycles. The number of para-hydroxylation sites is 1. The van der Waals surface area contributed by atoms with Crippen LogP contribution in [0.25, 0.3) is 16.6 Å². The summed E-state index contributed by atoms with van der Waals surface area (Å²) in [6.07, 6.45) is 0. The van der Waals surface area contributed by atoms with Crippen LogP contribution in [0.2, 0.25) is 0 Å². The van der Waals surface area contributed by atoms with E-state index in [2.05, 4.69) is 22.3 Å². The number of fused-ring (bicyclic) bond motifs is 3. The molecule has 16 heavy (non-hydrogen) atoms. The van der Waals surface area contributed by atoms with E-state index in [1.165, 1.54) is 0 Å². The monoisotopic (exact) mass is 212 g/mol. The molecule has 0 spiro atoms. The predicted octanol–water partition coefficient (Wildman–Crippen LogP) is 2.08. The van der Waals surface area contributed by atoms with E-state index in [-0.39, 0.29) is 0 Å². The van der Waals surface area contributed by atoms with Crippen molar-refractivity contribution in [1.29, 1.82) is 0 Å². The third-order valence-electron chi connectivity index (χ3n) is 3.02. The first-order chi connectivity index (χ1) is 7.70. The highest BCUT2D eigenvalue weighted by molar-refractivity contribution is 5.92. The highest BCUT2D eigenvalue weighted by atomic mass is 15.3. The molecule has 2 heterocycles. The molecule has 4 nitrogen and oxygen atoms in total. The number of nitrogens with two attached hydrogens (primary N) is 1. The van der Waals surface area contributed by atoms with Gasteiger partial charge in [0.05, 0.1) is 11.2 Å². The molecule has 3 rings (SSSR count). The van der Waals surface area contributed by atoms with Crippen molar-refractivity contribution in [2.24, 2.45) is 0 Å². The lowest BCUT2D eigenvalue weighted by atomic mass is 10.1. The molecule has 3 aromatic rings. The number of pyridine rings is 1. The number of rotatable bonds is 0. The Balaban J connectivity index is 2.71. The molecule has 1 aromatic carbocycles. The van der Waals surface area contributed by atoms with Gasteiger partial charge in [-0.2, -0.15) is 0 Å². The topological polar surface area (TPSA) is 56.2 Å². The van der Waals surface area contributed by atoms with Crippen molar-refractivity contribution < 1.29 is 0 Å². The zero-order valence-corrected chi connectivity index (χ0v) is 9.23. The molecule has 2 N–H and O–H groups in total. The Bertz CT molecular complexity index is 697. The molecule has 0 unspecified atom stereocenters. The van der Waals surface area contributed by atoms with Crippen LogP contribution in [0.1, 0.15) is 11.4 Å². The van der Waals surface area contributed by atoms with E-state index >= 15 is 0 Å². The molecular weight excluding hydrogens is 200 g/mol. The fourth-order valence-electron chi connectivity index (χ4n) is 2.12. The highest BCUT2D eigenvalue weighted by Gasteiger charge is 2.12. The van der Waals surface area contributed by atoms with Crippen LogP contribution in [0.4, 0.5) is 5.69 Å². The molecule has 0 amide bonds. The first kappa shape index (κ1) is 9.15. The summed E-state index contributed by atoms with van der Waals surface area (Å²) in [7, 11) is 0. The van der Waals surface area contributed by atoms with Gasteiger partial charge in [0.1, 0.15) is 5.82 Å². The van der Waals surface area contributed by atoms with E-state index < -0.39 is 0 Å². The van der Waals surface area contributed by atoms with E-state index in [1.54, 1.807) is 0 Å². The summed E-state index contributed by atoms with van der Waals surface area (Å²) >= 11 is 0. The van der Waals surface area contributed by atoms with Crippen LogP contribution in [0, 0.1) is 13.8 Å². The van der Waals surface area contributed by atoms with Crippen LogP contribution in [0.5, 0.6) is 0 Å². The van der Waals surface area contributed by atoms with Crippen molar-refractivity contribution in [3.63, 3.8) is 0 Å². The molecule has 2 aromatic heterocycles. The molecular formula is C12H12N4. The molecule has 0 aliphatic rings. The second-order valence-corrected chi connectivity index (χ2v) is 3.96. The minimum atomic E-state index is 0.708. The number of nitrogen functional groups attached to an aromatic ring is 1. The number of nitrogens with zero attached hydrogens (tertiary/aromatic N) is 3. The number of anilines is 1. The van der Waals surface area contributed by atoms with Crippen LogP contribution in [-0.4, -0.2) is 14.6 Å². The van der Waals surface area contributed by atoms with Gasteiger partial charge in [0.25, 0.3) is 0 Å². The maximum atomic E-state index is 6.07. The average Bonchev–Trinajstić information content (AvgIpc) is 2.69. The SMILES string of the molecule is Cc1c(N)c2nnc(C)n2c2ccccc12. The second-order valence-electron chi connectivity index (χ2n) is 3.96. The van der Waals surface area contributed by atoms with Crippen molar-refractivity contribution >= 4 is 22.2 Å². The summed E-state index contributed by atoms with van der Waals surface area (Å²) in [5.41, 5.74) is 9.69. The van der Waals surface area contributed by atoms with Crippen LogP contribution >= 0.6 is 0 Å². The van der Waals surface area contributed by atoms with E-state index in [4.69, 9.17) is 5.73 Å². The smallest absolute Gasteiger partial charge is 0.184 e. The molecule has 0 bridgehead atoms. The van der Waals surface area contributed by atoms with Gasteiger partial charge in [0.2, 0.25) is 0 Å². The largest absolute Gasteiger partial charge is 0.395 e. The Morgan fingerprint density at radius 2 is 1.88 bits per heavy atom. The third kappa shape index (κ3) is 0.984. The van der Waals surface area contributed by atoms with Crippen LogP contribution in [0.3, 0.4) is 0 Å². The van der Waals surface area contributed by atoms with Gasteiger partial charge in [0.15, 0.2) is 5.65 Å². The molecule has 0 radical (unpaired) electrons. The predicted molar refractivity (Wildman–Crippen MR) is 64.4 cm³/mol. The van der Waals surface area contributed by atoms with Gasteiger partial charge in [-0.05, 0) is 25.5 Å². The average molecular weight is 212 g/mol. The molecule has 0 aliphatic heterocycles. The summed E-state index contributed by atoms with van der Waals surface area (Å²) in [5.74, 6) is 0.859. The fraction of sp³-hybridized carbons (Fsp3) is 0.167. The van der Waals surface area contributed by atoms with Gasteiger partial charge in [-0.15, -0.1) is 10.2 Å². The third-order valence-corrected chi connectivity index (χ3v) is 3.02. The van der Waals surface area contributed by atoms with Gasteiger partial charge >= 0.3 is 0 Å². The Morgan fingerprint density at radius 3 is 2.69 bits per heavy atom. The van der Waals surface area contributed by atoms with Crippen LogP contribution in [0.15, 0.2) is 24.3 Å². The van der Waals surface area contributed by atoms with Crippen molar-refractivity contribution in [3.05, 3.63) is 35.7 Å². The van der Waals surface area contributed by atoms with Crippen molar-refractivity contribution in [2.45, 2.75) is 13.8 Å². The summed E-state index contributed by atoms with van der Waals surface area (Å²) in [6.45, 7) is 3.95. The molecule has 4 heteroatoms. The van der Waals surface area contributed by atoms with E-state index in [0.29, 0.717) is 5.69 Å². The van der Waals surface area contributed by atoms with E-state index in [9.17, 15) is 0 Å². The molecule has 0 atom stereocenters. The normalized spacial score (nSPS) is 11.4. The van der Waals surface area contributed by atoms with Gasteiger partial charge in [0, 0.05) is 5.39 Å². The Kier molecular flexibility index (Phi) is 1.68. The minimum Gasteiger partial charge on any atom is -0.395 e. The Labute approximate surface area is 92.7 Å². The van der Waals surface area contributed by atoms with E-state index in [0.717, 1.165) is 27.9 Å². The molecule has 0 aliphatic carbocycles. The zero-order chi connectivity index (χ0) is 11.3. The number of hydrogen-bond acceptors (Lipinski definition) is 3. The van der Waals surface area contributed by atoms with E-state index in [1.807, 2.05) is 30.4 Å². The van der Waals surface area contributed by atoms with Gasteiger partial charge < -0.3 is 5.73 Å². The second kappa shape index (κ2) is 2.95. The first-order valence-corrected chi connectivity index (χ1v) is 5.18. The maximum Gasteiger partial charge on any atom is 0.184 e. The highest BCUT2D eigenvalue weighted by Crippen LogP contribution is 2.27. The fourth-order valence-corrected chi connectivity index (χ4v) is 2.12. The van der Waals surface area contributed by atoms with Crippen molar-refractivity contribution in [3.8, 4) is 0 Å². The summed E-state index contributed by atoms with van der Waals surface area (Å²) in [5, 5.41) is 9.35. The lowest BCUT2D eigenvalue weighted by molar-refractivity contribution is 1.02. The standard InChI is InChI=1S/C12H12N4/c1-7-9-5-3-4-6-10(9)16-8(2)14-15-12(16)11(7)13/h3-6H,13H2,1-2H3. The van der Waals surface area contributed by atoms with Gasteiger partial charge in [-0.3, -0.25) is 4.40 Å². The summed E-state index contributed by atoms with van der Waals surface area (Å²) in [4.78, 5) is 0. The number of aromatic nitrogens is 3. The van der Waals surface area contributed by atoms with Gasteiger partial charge in [-0.1, -0.05) is 18.2 Å². The quantitative estimate of drug-likeness (QED) is 0.620. The van der Waals surface area contributed by atoms with Gasteiger partial charge in [-0.25, -0.2) is 0 Å². The first-order valence-electron chi connectivity index (χ1n) is 5.18. The zero-order valence-electron chi connectivity index (χ0n) is 9.23. The van der Waals surface area contributed by atoms with Crippen molar-refractivity contribution in [1.82, 2.24) is 14.6 Å². The summed E-state index contributed by atoms with van der Waals surface area (Å²) < 4.78 is 2.00. The number of benzene rings is 1. The Hall–Kier alpha value is -2.10. The lowest BCUT2D eigenvalue weighted by Crippen LogP contribution is -1.99. The van der Waals surface area contributed by atoms with Crippen LogP contribution in [-0.2, 0) is 0 Å². The Morgan fingerprint density at radius 1 is 1.12 bits per heavy atom. The molecule has 0 saturated heterocycles. The minimum absolute atomic E-state index is 0.708. The number of hydrogen-bond donors (Lipinski definition) is 1. The molecule has 80 valence electrons. The lowest BCUT2D eigenvalue weighted by Gasteiger charge is -2.09.